The number of hydrogen-bond donors (Lipinski definition) is 2. The molecule has 60 valence electrons. The number of thiol groups is 1. The zero-order valence-electron chi connectivity index (χ0n) is 6.20. The minimum atomic E-state index is 0.689. The van der Waals surface area contributed by atoms with Crippen molar-refractivity contribution < 1.29 is 0 Å². The van der Waals surface area contributed by atoms with E-state index in [2.05, 4.69) is 27.9 Å². The van der Waals surface area contributed by atoms with Gasteiger partial charge in [0.25, 0.3) is 0 Å². The highest BCUT2D eigenvalue weighted by atomic mass is 32.1. The standard InChI is InChI=1S/C7H11N3S/c11-6-2-5-10-7-8-3-1-4-9-7/h1,3-4,11H,2,5-6H2,(H,8,9,10). The molecule has 1 aromatic heterocycles. The molecule has 0 bridgehead atoms. The van der Waals surface area contributed by atoms with Crippen LogP contribution in [0, 0.1) is 0 Å². The molecule has 0 aromatic carbocycles. The smallest absolute Gasteiger partial charge is 0.222 e. The SMILES string of the molecule is SCCCNc1ncccn1. The lowest BCUT2D eigenvalue weighted by Crippen LogP contribution is -2.04. The number of hydrogen-bond acceptors (Lipinski definition) is 4. The van der Waals surface area contributed by atoms with E-state index in [4.69, 9.17) is 0 Å². The van der Waals surface area contributed by atoms with Crippen molar-refractivity contribution in [3.05, 3.63) is 18.5 Å². The van der Waals surface area contributed by atoms with Gasteiger partial charge in [0, 0.05) is 18.9 Å². The van der Waals surface area contributed by atoms with E-state index in [0.29, 0.717) is 5.95 Å². The summed E-state index contributed by atoms with van der Waals surface area (Å²) in [5.74, 6) is 1.58. The van der Waals surface area contributed by atoms with Crippen molar-refractivity contribution >= 4 is 18.6 Å². The van der Waals surface area contributed by atoms with Crippen LogP contribution in [0.1, 0.15) is 6.42 Å². The summed E-state index contributed by atoms with van der Waals surface area (Å²) in [5.41, 5.74) is 0. The molecule has 1 rings (SSSR count). The van der Waals surface area contributed by atoms with Crippen LogP contribution in [0.15, 0.2) is 18.5 Å². The highest BCUT2D eigenvalue weighted by Crippen LogP contribution is 1.93. The Hall–Kier alpha value is -0.770. The Kier molecular flexibility index (Phi) is 3.75. The summed E-state index contributed by atoms with van der Waals surface area (Å²) in [6, 6.07) is 1.80. The summed E-state index contributed by atoms with van der Waals surface area (Å²) in [4.78, 5) is 8.01. The lowest BCUT2D eigenvalue weighted by Gasteiger charge is -2.00. The maximum atomic E-state index is 4.09. The van der Waals surface area contributed by atoms with E-state index in [1.807, 2.05) is 0 Å². The normalized spacial score (nSPS) is 9.55. The van der Waals surface area contributed by atoms with Gasteiger partial charge in [0.1, 0.15) is 0 Å². The van der Waals surface area contributed by atoms with E-state index in [9.17, 15) is 0 Å². The van der Waals surface area contributed by atoms with Crippen molar-refractivity contribution in [1.82, 2.24) is 9.97 Å². The summed E-state index contributed by atoms with van der Waals surface area (Å²) in [7, 11) is 0. The zero-order chi connectivity index (χ0) is 7.94. The number of rotatable bonds is 4. The molecule has 0 amide bonds. The van der Waals surface area contributed by atoms with Crippen LogP contribution in [0.5, 0.6) is 0 Å². The molecule has 0 saturated heterocycles. The molecule has 1 heterocycles. The number of aromatic nitrogens is 2. The van der Waals surface area contributed by atoms with Crippen molar-refractivity contribution in [1.29, 1.82) is 0 Å². The molecule has 3 nitrogen and oxygen atoms in total. The van der Waals surface area contributed by atoms with Gasteiger partial charge in [0.05, 0.1) is 0 Å². The first-order chi connectivity index (χ1) is 5.43. The number of nitrogens with zero attached hydrogens (tertiary/aromatic N) is 2. The third kappa shape index (κ3) is 3.23. The van der Waals surface area contributed by atoms with Crippen LogP contribution < -0.4 is 5.32 Å². The monoisotopic (exact) mass is 169 g/mol. The quantitative estimate of drug-likeness (QED) is 0.525. The van der Waals surface area contributed by atoms with E-state index in [1.165, 1.54) is 0 Å². The first kappa shape index (κ1) is 8.33. The van der Waals surface area contributed by atoms with E-state index in [-0.39, 0.29) is 0 Å². The average Bonchev–Trinajstić information content (AvgIpc) is 2.07. The lowest BCUT2D eigenvalue weighted by molar-refractivity contribution is 0.964. The predicted molar refractivity (Wildman–Crippen MR) is 49.0 cm³/mol. The highest BCUT2D eigenvalue weighted by Gasteiger charge is 1.89. The van der Waals surface area contributed by atoms with Crippen molar-refractivity contribution in [2.45, 2.75) is 6.42 Å². The van der Waals surface area contributed by atoms with Crippen LogP contribution in [0.4, 0.5) is 5.95 Å². The van der Waals surface area contributed by atoms with Crippen LogP contribution in [0.2, 0.25) is 0 Å². The van der Waals surface area contributed by atoms with Crippen LogP contribution in [0.3, 0.4) is 0 Å². The van der Waals surface area contributed by atoms with Gasteiger partial charge in [-0.25, -0.2) is 9.97 Å². The van der Waals surface area contributed by atoms with E-state index < -0.39 is 0 Å². The second-order valence-corrected chi connectivity index (χ2v) is 2.52. The van der Waals surface area contributed by atoms with Crippen LogP contribution in [0.25, 0.3) is 0 Å². The topological polar surface area (TPSA) is 37.8 Å². The Labute approximate surface area is 71.7 Å². The van der Waals surface area contributed by atoms with Gasteiger partial charge in [-0.2, -0.15) is 12.6 Å². The third-order valence-electron chi connectivity index (χ3n) is 1.18. The Morgan fingerprint density at radius 1 is 1.36 bits per heavy atom. The van der Waals surface area contributed by atoms with Crippen molar-refractivity contribution in [3.63, 3.8) is 0 Å². The molecule has 0 fully saturated rings. The van der Waals surface area contributed by atoms with Crippen molar-refractivity contribution in [3.8, 4) is 0 Å². The molecule has 0 saturated carbocycles. The number of nitrogens with one attached hydrogen (secondary N) is 1. The largest absolute Gasteiger partial charge is 0.354 e. The molecule has 0 aliphatic rings. The first-order valence-corrected chi connectivity index (χ1v) is 4.18. The van der Waals surface area contributed by atoms with Crippen molar-refractivity contribution in [2.24, 2.45) is 0 Å². The molecule has 0 spiro atoms. The summed E-state index contributed by atoms with van der Waals surface area (Å²) in [5, 5.41) is 3.07. The van der Waals surface area contributed by atoms with Gasteiger partial charge in [-0.3, -0.25) is 0 Å². The van der Waals surface area contributed by atoms with Gasteiger partial charge >= 0.3 is 0 Å². The first-order valence-electron chi connectivity index (χ1n) is 3.55. The average molecular weight is 169 g/mol. The summed E-state index contributed by atoms with van der Waals surface area (Å²) in [6.07, 6.45) is 4.47. The minimum Gasteiger partial charge on any atom is -0.354 e. The van der Waals surface area contributed by atoms with Crippen LogP contribution >= 0.6 is 12.6 Å². The van der Waals surface area contributed by atoms with Gasteiger partial charge in [-0.05, 0) is 18.2 Å². The van der Waals surface area contributed by atoms with E-state index in [0.717, 1.165) is 18.7 Å². The maximum Gasteiger partial charge on any atom is 0.222 e. The van der Waals surface area contributed by atoms with Gasteiger partial charge in [0.2, 0.25) is 5.95 Å². The van der Waals surface area contributed by atoms with E-state index in [1.54, 1.807) is 18.5 Å². The Morgan fingerprint density at radius 2 is 2.09 bits per heavy atom. The fraction of sp³-hybridized carbons (Fsp3) is 0.429. The molecular weight excluding hydrogens is 158 g/mol. The third-order valence-corrected chi connectivity index (χ3v) is 1.50. The molecule has 0 unspecified atom stereocenters. The van der Waals surface area contributed by atoms with Gasteiger partial charge < -0.3 is 5.32 Å². The molecule has 1 N–H and O–H groups in total. The summed E-state index contributed by atoms with van der Waals surface area (Å²) < 4.78 is 0. The number of anilines is 1. The molecule has 0 aliphatic carbocycles. The van der Waals surface area contributed by atoms with Gasteiger partial charge in [0.15, 0.2) is 0 Å². The zero-order valence-corrected chi connectivity index (χ0v) is 7.09. The van der Waals surface area contributed by atoms with Crippen molar-refractivity contribution in [2.75, 3.05) is 17.6 Å². The Morgan fingerprint density at radius 3 is 2.73 bits per heavy atom. The molecular formula is C7H11N3S. The molecule has 11 heavy (non-hydrogen) atoms. The predicted octanol–water partition coefficient (Wildman–Crippen LogP) is 1.21. The van der Waals surface area contributed by atoms with E-state index >= 15 is 0 Å². The van der Waals surface area contributed by atoms with Crippen LogP contribution in [-0.4, -0.2) is 22.3 Å². The summed E-state index contributed by atoms with van der Waals surface area (Å²) in [6.45, 7) is 0.882. The van der Waals surface area contributed by atoms with Crippen LogP contribution in [-0.2, 0) is 0 Å². The lowest BCUT2D eigenvalue weighted by atomic mass is 10.5. The van der Waals surface area contributed by atoms with Gasteiger partial charge in [-0.1, -0.05) is 0 Å². The van der Waals surface area contributed by atoms with Gasteiger partial charge in [-0.15, -0.1) is 0 Å². The Balaban J connectivity index is 2.28. The fourth-order valence-electron chi connectivity index (χ4n) is 0.670. The molecule has 1 aromatic rings. The maximum absolute atomic E-state index is 4.09. The fourth-order valence-corrected chi connectivity index (χ4v) is 0.828. The molecule has 0 atom stereocenters. The highest BCUT2D eigenvalue weighted by molar-refractivity contribution is 7.80. The second-order valence-electron chi connectivity index (χ2n) is 2.08. The minimum absolute atomic E-state index is 0.689. The molecule has 4 heteroatoms. The second kappa shape index (κ2) is 4.96. The summed E-state index contributed by atoms with van der Waals surface area (Å²) >= 11 is 4.09. The Bertz CT molecular complexity index is 190. The molecule has 0 radical (unpaired) electrons. The molecule has 0 aliphatic heterocycles.